The number of aliphatic carboxylic acids is 1. The molecule has 106 valence electrons. The molecule has 1 heterocycles. The smallest absolute Gasteiger partial charge is 0.305 e. The lowest BCUT2D eigenvalue weighted by Crippen LogP contribution is -2.50. The number of hydrogen-bond donors (Lipinski definition) is 3. The molecular formula is C11H17N3O5. The van der Waals surface area contributed by atoms with Crippen LogP contribution in [0.4, 0.5) is 0 Å². The molecule has 0 aliphatic carbocycles. The van der Waals surface area contributed by atoms with E-state index < -0.39 is 30.4 Å². The van der Waals surface area contributed by atoms with Gasteiger partial charge in [-0.05, 0) is 12.8 Å². The third-order valence-electron chi connectivity index (χ3n) is 2.94. The Bertz CT molecular complexity index is 385. The van der Waals surface area contributed by atoms with E-state index in [-0.39, 0.29) is 12.5 Å². The Morgan fingerprint density at radius 3 is 2.68 bits per heavy atom. The molecule has 1 rings (SSSR count). The fraction of sp³-hybridized carbons (Fsp3) is 0.636. The molecule has 19 heavy (non-hydrogen) atoms. The van der Waals surface area contributed by atoms with Gasteiger partial charge in [-0.1, -0.05) is 0 Å². The fourth-order valence-corrected chi connectivity index (χ4v) is 2.06. The number of nitrogens with two attached hydrogens (primary N) is 1. The van der Waals surface area contributed by atoms with E-state index in [4.69, 9.17) is 10.8 Å². The molecule has 0 spiro atoms. The SMILES string of the molecule is NCC(=O)N1CCC[C@H]1C(=O)N[C@H](C=O)CC(=O)O. The van der Waals surface area contributed by atoms with Gasteiger partial charge >= 0.3 is 5.97 Å². The van der Waals surface area contributed by atoms with Crippen molar-refractivity contribution in [3.8, 4) is 0 Å². The van der Waals surface area contributed by atoms with Crippen molar-refractivity contribution in [1.29, 1.82) is 0 Å². The summed E-state index contributed by atoms with van der Waals surface area (Å²) in [4.78, 5) is 46.0. The largest absolute Gasteiger partial charge is 0.481 e. The zero-order valence-corrected chi connectivity index (χ0v) is 10.4. The second kappa shape index (κ2) is 6.83. The van der Waals surface area contributed by atoms with Crippen LogP contribution in [0.5, 0.6) is 0 Å². The maximum atomic E-state index is 11.9. The molecule has 0 bridgehead atoms. The Hall–Kier alpha value is -1.96. The van der Waals surface area contributed by atoms with Crippen molar-refractivity contribution in [3.05, 3.63) is 0 Å². The fourth-order valence-electron chi connectivity index (χ4n) is 2.06. The summed E-state index contributed by atoms with van der Waals surface area (Å²) in [5, 5.41) is 10.9. The van der Waals surface area contributed by atoms with Crippen molar-refractivity contribution >= 4 is 24.1 Å². The topological polar surface area (TPSA) is 130 Å². The van der Waals surface area contributed by atoms with Crippen LogP contribution in [0.2, 0.25) is 0 Å². The quantitative estimate of drug-likeness (QED) is 0.483. The summed E-state index contributed by atoms with van der Waals surface area (Å²) in [5.41, 5.74) is 5.25. The van der Waals surface area contributed by atoms with E-state index in [9.17, 15) is 19.2 Å². The van der Waals surface area contributed by atoms with E-state index in [1.165, 1.54) is 4.90 Å². The lowest BCUT2D eigenvalue weighted by molar-refractivity contribution is -0.140. The Labute approximate surface area is 109 Å². The average molecular weight is 271 g/mol. The van der Waals surface area contributed by atoms with Gasteiger partial charge < -0.3 is 25.9 Å². The molecule has 8 nitrogen and oxygen atoms in total. The Morgan fingerprint density at radius 2 is 2.16 bits per heavy atom. The number of amides is 2. The zero-order chi connectivity index (χ0) is 14.4. The summed E-state index contributed by atoms with van der Waals surface area (Å²) in [6.07, 6.45) is 1.05. The predicted molar refractivity (Wildman–Crippen MR) is 64.0 cm³/mol. The van der Waals surface area contributed by atoms with Crippen LogP contribution in [0.15, 0.2) is 0 Å². The van der Waals surface area contributed by atoms with E-state index in [1.807, 2.05) is 0 Å². The molecule has 1 aliphatic heterocycles. The van der Waals surface area contributed by atoms with Crippen molar-refractivity contribution in [2.45, 2.75) is 31.3 Å². The standard InChI is InChI=1S/C11H17N3O5/c12-5-9(16)14-3-1-2-8(14)11(19)13-7(6-15)4-10(17)18/h6-8H,1-5,12H2,(H,13,19)(H,17,18)/t7-,8-/m0/s1. The van der Waals surface area contributed by atoms with Crippen molar-refractivity contribution in [2.75, 3.05) is 13.1 Å². The summed E-state index contributed by atoms with van der Waals surface area (Å²) < 4.78 is 0. The first-order valence-corrected chi connectivity index (χ1v) is 5.96. The van der Waals surface area contributed by atoms with E-state index in [0.29, 0.717) is 25.7 Å². The highest BCUT2D eigenvalue weighted by atomic mass is 16.4. The molecule has 1 fully saturated rings. The first kappa shape index (κ1) is 15.1. The monoisotopic (exact) mass is 271 g/mol. The van der Waals surface area contributed by atoms with Gasteiger partial charge in [-0.25, -0.2) is 0 Å². The lowest BCUT2D eigenvalue weighted by Gasteiger charge is -2.24. The Balaban J connectivity index is 2.63. The van der Waals surface area contributed by atoms with Crippen molar-refractivity contribution in [1.82, 2.24) is 10.2 Å². The number of nitrogens with zero attached hydrogens (tertiary/aromatic N) is 1. The van der Waals surface area contributed by atoms with Crippen LogP contribution in [0.3, 0.4) is 0 Å². The molecule has 1 aliphatic rings. The first-order chi connectivity index (χ1) is 8.99. The molecule has 4 N–H and O–H groups in total. The molecule has 0 aromatic rings. The van der Waals surface area contributed by atoms with Gasteiger partial charge in [0.15, 0.2) is 0 Å². The van der Waals surface area contributed by atoms with Crippen LogP contribution in [-0.4, -0.2) is 59.2 Å². The van der Waals surface area contributed by atoms with Crippen molar-refractivity contribution in [2.24, 2.45) is 5.73 Å². The molecule has 0 unspecified atom stereocenters. The maximum Gasteiger partial charge on any atom is 0.305 e. The molecule has 1 saturated heterocycles. The van der Waals surface area contributed by atoms with Crippen LogP contribution < -0.4 is 11.1 Å². The molecule has 2 atom stereocenters. The van der Waals surface area contributed by atoms with Crippen LogP contribution >= 0.6 is 0 Å². The number of hydrogen-bond acceptors (Lipinski definition) is 5. The van der Waals surface area contributed by atoms with E-state index in [1.54, 1.807) is 0 Å². The third-order valence-corrected chi connectivity index (χ3v) is 2.94. The van der Waals surface area contributed by atoms with E-state index in [2.05, 4.69) is 5.32 Å². The summed E-state index contributed by atoms with van der Waals surface area (Å²) >= 11 is 0. The van der Waals surface area contributed by atoms with Gasteiger partial charge in [0.1, 0.15) is 12.3 Å². The highest BCUT2D eigenvalue weighted by Crippen LogP contribution is 2.17. The minimum atomic E-state index is -1.18. The van der Waals surface area contributed by atoms with Gasteiger partial charge in [0.25, 0.3) is 0 Å². The second-order valence-corrected chi connectivity index (χ2v) is 4.30. The van der Waals surface area contributed by atoms with Gasteiger partial charge in [0.2, 0.25) is 11.8 Å². The molecular weight excluding hydrogens is 254 g/mol. The van der Waals surface area contributed by atoms with Gasteiger partial charge in [0.05, 0.1) is 19.0 Å². The molecule has 0 saturated carbocycles. The van der Waals surface area contributed by atoms with Crippen LogP contribution in [0.1, 0.15) is 19.3 Å². The average Bonchev–Trinajstić information content (AvgIpc) is 2.85. The van der Waals surface area contributed by atoms with Crippen molar-refractivity contribution < 1.29 is 24.3 Å². The van der Waals surface area contributed by atoms with E-state index >= 15 is 0 Å². The third kappa shape index (κ3) is 4.02. The molecule has 0 radical (unpaired) electrons. The summed E-state index contributed by atoms with van der Waals surface area (Å²) in [5.74, 6) is -2.03. The zero-order valence-electron chi connectivity index (χ0n) is 10.4. The molecule has 0 aromatic heterocycles. The highest BCUT2D eigenvalue weighted by molar-refractivity contribution is 5.90. The normalized spacial score (nSPS) is 19.8. The molecule has 8 heteroatoms. The summed E-state index contributed by atoms with van der Waals surface area (Å²) in [7, 11) is 0. The number of carboxylic acid groups (broad SMARTS) is 1. The Morgan fingerprint density at radius 1 is 1.47 bits per heavy atom. The molecule has 0 aromatic carbocycles. The van der Waals surface area contributed by atoms with Gasteiger partial charge in [-0.2, -0.15) is 0 Å². The van der Waals surface area contributed by atoms with Crippen LogP contribution in [0, 0.1) is 0 Å². The number of carbonyl (C=O) groups is 4. The number of carboxylic acids is 1. The number of likely N-dealkylation sites (tertiary alicyclic amines) is 1. The lowest BCUT2D eigenvalue weighted by atomic mass is 10.1. The van der Waals surface area contributed by atoms with E-state index in [0.717, 1.165) is 0 Å². The molecule has 2 amide bonds. The van der Waals surface area contributed by atoms with Gasteiger partial charge in [0, 0.05) is 6.54 Å². The second-order valence-electron chi connectivity index (χ2n) is 4.30. The number of nitrogens with one attached hydrogen (secondary N) is 1. The summed E-state index contributed by atoms with van der Waals surface area (Å²) in [6.45, 7) is 0.259. The van der Waals surface area contributed by atoms with Crippen LogP contribution in [-0.2, 0) is 19.2 Å². The highest BCUT2D eigenvalue weighted by Gasteiger charge is 2.34. The minimum Gasteiger partial charge on any atom is -0.481 e. The number of rotatable bonds is 6. The number of aldehydes is 1. The predicted octanol–water partition coefficient (Wildman–Crippen LogP) is -1.91. The first-order valence-electron chi connectivity index (χ1n) is 5.96. The minimum absolute atomic E-state index is 0.185. The van der Waals surface area contributed by atoms with Gasteiger partial charge in [-0.15, -0.1) is 0 Å². The number of carbonyl (C=O) groups excluding carboxylic acids is 3. The summed E-state index contributed by atoms with van der Waals surface area (Å²) in [6, 6.07) is -1.76. The van der Waals surface area contributed by atoms with Gasteiger partial charge in [-0.3, -0.25) is 14.4 Å². The van der Waals surface area contributed by atoms with Crippen LogP contribution in [0.25, 0.3) is 0 Å². The Kier molecular flexibility index (Phi) is 5.43. The maximum absolute atomic E-state index is 11.9. The van der Waals surface area contributed by atoms with Crippen molar-refractivity contribution in [3.63, 3.8) is 0 Å².